The molecule has 0 radical (unpaired) electrons. The van der Waals surface area contributed by atoms with Crippen LogP contribution in [0.5, 0.6) is 0 Å². The lowest BCUT2D eigenvalue weighted by Crippen LogP contribution is -2.57. The van der Waals surface area contributed by atoms with Gasteiger partial charge in [0.2, 0.25) is 7.37 Å². The average Bonchev–Trinajstić information content (AvgIpc) is 3.00. The minimum atomic E-state index is -3.67. The fourth-order valence-electron chi connectivity index (χ4n) is 2.78. The largest absolute Gasteiger partial charge is 0.390 e. The molecule has 0 aliphatic carbocycles. The predicted octanol–water partition coefficient (Wildman–Crippen LogP) is 1.39. The van der Waals surface area contributed by atoms with Crippen molar-refractivity contribution >= 4 is 19.3 Å². The third kappa shape index (κ3) is 6.36. The fraction of sp³-hybridized carbons (Fsp3) is 0.529. The monoisotopic (exact) mass is 368 g/mol. The van der Waals surface area contributed by atoms with Crippen LogP contribution in [-0.2, 0) is 25.3 Å². The third-order valence-corrected chi connectivity index (χ3v) is 5.97. The van der Waals surface area contributed by atoms with E-state index in [1.807, 2.05) is 30.3 Å². The highest BCUT2D eigenvalue weighted by Gasteiger charge is 2.40. The molecule has 4 N–H and O–H groups in total. The Morgan fingerprint density at radius 2 is 2.00 bits per heavy atom. The van der Waals surface area contributed by atoms with Gasteiger partial charge < -0.3 is 15.4 Å². The zero-order valence-electron chi connectivity index (χ0n) is 14.1. The Morgan fingerprint density at radius 1 is 1.28 bits per heavy atom. The maximum Gasteiger partial charge on any atom is 0.348 e. The van der Waals surface area contributed by atoms with Crippen LogP contribution in [0.3, 0.4) is 0 Å². The van der Waals surface area contributed by atoms with Crippen LogP contribution in [0.25, 0.3) is 0 Å². The number of carbonyl (C=O) groups excluding carboxylic acids is 2. The Balaban J connectivity index is 1.71. The molecule has 2 rings (SSSR count). The topological polar surface area (TPSA) is 119 Å². The van der Waals surface area contributed by atoms with Crippen molar-refractivity contribution in [2.75, 3.05) is 18.9 Å². The standard InChI is InChI=1S/C17H25N2O5P/c18-17(10-6-11-19-17)16(21)24-15(20)13-25(22,23)12-5-4-9-14-7-2-1-3-8-14/h1-3,7-8,19H,4-6,9-13,18H2,(H,22,23)/t17-/m0/s1. The Kier molecular flexibility index (Phi) is 6.90. The van der Waals surface area contributed by atoms with Gasteiger partial charge in [0.05, 0.1) is 0 Å². The molecule has 1 heterocycles. The summed E-state index contributed by atoms with van der Waals surface area (Å²) < 4.78 is 16.8. The third-order valence-electron chi connectivity index (χ3n) is 4.20. The van der Waals surface area contributed by atoms with Crippen LogP contribution in [0.15, 0.2) is 30.3 Å². The molecule has 8 heteroatoms. The summed E-state index contributed by atoms with van der Waals surface area (Å²) in [5.41, 5.74) is 5.59. The fourth-order valence-corrected chi connectivity index (χ4v) is 4.13. The van der Waals surface area contributed by atoms with Crippen molar-refractivity contribution < 1.29 is 23.8 Å². The zero-order valence-corrected chi connectivity index (χ0v) is 15.0. The van der Waals surface area contributed by atoms with Gasteiger partial charge in [0.15, 0.2) is 5.66 Å². The van der Waals surface area contributed by atoms with E-state index in [0.29, 0.717) is 25.8 Å². The molecule has 1 aliphatic rings. The Hall–Kier alpha value is -1.53. The lowest BCUT2D eigenvalue weighted by Gasteiger charge is -2.21. The number of hydrogen-bond donors (Lipinski definition) is 3. The van der Waals surface area contributed by atoms with Crippen LogP contribution in [-0.4, -0.2) is 41.4 Å². The van der Waals surface area contributed by atoms with Gasteiger partial charge in [-0.1, -0.05) is 30.3 Å². The summed E-state index contributed by atoms with van der Waals surface area (Å²) in [7, 11) is -3.67. The van der Waals surface area contributed by atoms with Gasteiger partial charge in [-0.3, -0.25) is 14.7 Å². The molecule has 1 aliphatic heterocycles. The number of carbonyl (C=O) groups is 2. The van der Waals surface area contributed by atoms with Gasteiger partial charge >= 0.3 is 11.9 Å². The van der Waals surface area contributed by atoms with Crippen molar-refractivity contribution in [3.8, 4) is 0 Å². The van der Waals surface area contributed by atoms with Gasteiger partial charge in [0, 0.05) is 6.16 Å². The van der Waals surface area contributed by atoms with Crippen molar-refractivity contribution in [1.82, 2.24) is 5.32 Å². The molecule has 0 spiro atoms. The maximum absolute atomic E-state index is 12.1. The Bertz CT molecular complexity index is 644. The van der Waals surface area contributed by atoms with E-state index in [9.17, 15) is 19.0 Å². The van der Waals surface area contributed by atoms with Crippen LogP contribution >= 0.6 is 7.37 Å². The van der Waals surface area contributed by atoms with Crippen LogP contribution in [0.1, 0.15) is 31.2 Å². The molecule has 1 unspecified atom stereocenters. The summed E-state index contributed by atoms with van der Waals surface area (Å²) in [4.78, 5) is 33.6. The smallest absolute Gasteiger partial charge is 0.348 e. The summed E-state index contributed by atoms with van der Waals surface area (Å²) in [6, 6.07) is 9.83. The molecule has 25 heavy (non-hydrogen) atoms. The highest BCUT2D eigenvalue weighted by Crippen LogP contribution is 2.41. The molecule has 7 nitrogen and oxygen atoms in total. The van der Waals surface area contributed by atoms with Crippen LogP contribution < -0.4 is 11.1 Å². The number of ether oxygens (including phenoxy) is 1. The van der Waals surface area contributed by atoms with E-state index in [2.05, 4.69) is 10.1 Å². The zero-order chi connectivity index (χ0) is 18.3. The number of nitrogens with one attached hydrogen (secondary N) is 1. The molecule has 2 atom stereocenters. The van der Waals surface area contributed by atoms with Crippen molar-refractivity contribution in [2.24, 2.45) is 5.73 Å². The highest BCUT2D eigenvalue weighted by atomic mass is 31.2. The maximum atomic E-state index is 12.1. The molecule has 0 amide bonds. The van der Waals surface area contributed by atoms with Crippen molar-refractivity contribution in [3.05, 3.63) is 35.9 Å². The summed E-state index contributed by atoms with van der Waals surface area (Å²) in [6.07, 6.45) is 2.51. The van der Waals surface area contributed by atoms with Gasteiger partial charge in [0.1, 0.15) is 6.16 Å². The molecule has 0 bridgehead atoms. The second-order valence-electron chi connectivity index (χ2n) is 6.43. The highest BCUT2D eigenvalue weighted by molar-refractivity contribution is 7.58. The number of benzene rings is 1. The first-order valence-electron chi connectivity index (χ1n) is 8.45. The van der Waals surface area contributed by atoms with Crippen LogP contribution in [0, 0.1) is 0 Å². The molecule has 0 aromatic heterocycles. The minimum Gasteiger partial charge on any atom is -0.390 e. The van der Waals surface area contributed by atoms with Gasteiger partial charge in [-0.25, -0.2) is 4.79 Å². The summed E-state index contributed by atoms with van der Waals surface area (Å²) in [5.74, 6) is -1.89. The van der Waals surface area contributed by atoms with E-state index >= 15 is 0 Å². The number of aryl methyl sites for hydroxylation is 1. The number of nitrogens with two attached hydrogens (primary N) is 1. The molecule has 1 aromatic rings. The van der Waals surface area contributed by atoms with E-state index in [1.54, 1.807) is 0 Å². The van der Waals surface area contributed by atoms with E-state index in [4.69, 9.17) is 5.73 Å². The second kappa shape index (κ2) is 8.72. The van der Waals surface area contributed by atoms with Gasteiger partial charge in [-0.2, -0.15) is 0 Å². The van der Waals surface area contributed by atoms with Crippen LogP contribution in [0.2, 0.25) is 0 Å². The predicted molar refractivity (Wildman–Crippen MR) is 94.2 cm³/mol. The molecule has 1 saturated heterocycles. The number of hydrogen-bond acceptors (Lipinski definition) is 6. The van der Waals surface area contributed by atoms with E-state index in [0.717, 1.165) is 18.4 Å². The first kappa shape index (κ1) is 19.8. The average molecular weight is 368 g/mol. The van der Waals surface area contributed by atoms with Crippen molar-refractivity contribution in [2.45, 2.75) is 37.8 Å². The molecular formula is C17H25N2O5P. The summed E-state index contributed by atoms with van der Waals surface area (Å²) in [6.45, 7) is 0.569. The first-order chi connectivity index (χ1) is 11.8. The van der Waals surface area contributed by atoms with Crippen molar-refractivity contribution in [1.29, 1.82) is 0 Å². The summed E-state index contributed by atoms with van der Waals surface area (Å²) >= 11 is 0. The van der Waals surface area contributed by atoms with E-state index < -0.39 is 31.1 Å². The summed E-state index contributed by atoms with van der Waals surface area (Å²) in [5, 5.41) is 2.78. The lowest BCUT2D eigenvalue weighted by atomic mass is 10.1. The first-order valence-corrected chi connectivity index (χ1v) is 10.5. The Morgan fingerprint density at radius 3 is 2.64 bits per heavy atom. The van der Waals surface area contributed by atoms with Crippen molar-refractivity contribution in [3.63, 3.8) is 0 Å². The molecular weight excluding hydrogens is 343 g/mol. The Labute approximate surface area is 147 Å². The molecule has 1 fully saturated rings. The van der Waals surface area contributed by atoms with Gasteiger partial charge in [0.25, 0.3) is 0 Å². The molecule has 0 saturated carbocycles. The van der Waals surface area contributed by atoms with Gasteiger partial charge in [-0.05, 0) is 44.2 Å². The molecule has 1 aromatic carbocycles. The number of unbranched alkanes of at least 4 members (excludes halogenated alkanes) is 1. The normalized spacial score (nSPS) is 22.3. The number of esters is 2. The van der Waals surface area contributed by atoms with E-state index in [-0.39, 0.29) is 6.16 Å². The second-order valence-corrected chi connectivity index (χ2v) is 8.89. The quantitative estimate of drug-likeness (QED) is 0.275. The van der Waals surface area contributed by atoms with Crippen LogP contribution in [0.4, 0.5) is 0 Å². The number of rotatable bonds is 8. The van der Waals surface area contributed by atoms with E-state index in [1.165, 1.54) is 0 Å². The van der Waals surface area contributed by atoms with Gasteiger partial charge in [-0.15, -0.1) is 0 Å². The lowest BCUT2D eigenvalue weighted by molar-refractivity contribution is -0.162. The SMILES string of the molecule is N[C@@]1(C(=O)OC(=O)CP(=O)(O)CCCCc2ccccc2)CCCN1. The molecule has 138 valence electrons. The minimum absolute atomic E-state index is 0.0230.